The molecule has 82 valence electrons. The third-order valence-corrected chi connectivity index (χ3v) is 1.97. The van der Waals surface area contributed by atoms with Gasteiger partial charge in [0.15, 0.2) is 0 Å². The molecule has 0 amide bonds. The zero-order valence-electron chi connectivity index (χ0n) is 8.85. The Balaban J connectivity index is 2.61. The van der Waals surface area contributed by atoms with E-state index in [-0.39, 0.29) is 12.5 Å². The number of carbonyl (C=O) groups is 1. The fourth-order valence-electron chi connectivity index (χ4n) is 1.26. The Bertz CT molecular complexity index is 301. The van der Waals surface area contributed by atoms with Gasteiger partial charge in [-0.3, -0.25) is 4.79 Å². The molecular weight excluding hydrogens is 192 g/mol. The fraction of sp³-hybridized carbons (Fsp3) is 0.364. The fourth-order valence-corrected chi connectivity index (χ4v) is 1.26. The lowest BCUT2D eigenvalue weighted by Gasteiger charge is -2.21. The van der Waals surface area contributed by atoms with Crippen molar-refractivity contribution >= 4 is 11.7 Å². The number of rotatable bonds is 5. The predicted molar refractivity (Wildman–Crippen MR) is 59.5 cm³/mol. The van der Waals surface area contributed by atoms with Crippen LogP contribution in [-0.4, -0.2) is 25.8 Å². The molecule has 0 bridgehead atoms. The Morgan fingerprint density at radius 3 is 2.60 bits per heavy atom. The predicted octanol–water partition coefficient (Wildman–Crippen LogP) is 0.972. The highest BCUT2D eigenvalue weighted by molar-refractivity contribution is 5.75. The Morgan fingerprint density at radius 1 is 1.40 bits per heavy atom. The molecule has 0 heterocycles. The maximum Gasteiger partial charge on any atom is 0.325 e. The van der Waals surface area contributed by atoms with E-state index < -0.39 is 0 Å². The lowest BCUT2D eigenvalue weighted by atomic mass is 10.3. The topological polar surface area (TPSA) is 55.6 Å². The smallest absolute Gasteiger partial charge is 0.325 e. The normalized spacial score (nSPS) is 9.73. The number of hydrogen-bond acceptors (Lipinski definition) is 4. The first-order valence-corrected chi connectivity index (χ1v) is 4.93. The summed E-state index contributed by atoms with van der Waals surface area (Å²) in [4.78, 5) is 13.0. The second-order valence-electron chi connectivity index (χ2n) is 3.02. The molecule has 0 fully saturated rings. The number of ether oxygens (including phenoxy) is 1. The third kappa shape index (κ3) is 3.59. The van der Waals surface area contributed by atoms with E-state index >= 15 is 0 Å². The van der Waals surface area contributed by atoms with Crippen LogP contribution >= 0.6 is 0 Å². The summed E-state index contributed by atoms with van der Waals surface area (Å²) in [6, 6.07) is 9.55. The SMILES string of the molecule is CCOC(=O)CN(CN)c1ccccc1. The first-order chi connectivity index (χ1) is 7.27. The minimum atomic E-state index is -0.258. The van der Waals surface area contributed by atoms with Crippen LogP contribution < -0.4 is 10.6 Å². The molecular formula is C11H16N2O2. The Kier molecular flexibility index (Phi) is 4.63. The van der Waals surface area contributed by atoms with Gasteiger partial charge in [0.05, 0.1) is 13.3 Å². The van der Waals surface area contributed by atoms with Crippen LogP contribution in [0.3, 0.4) is 0 Å². The van der Waals surface area contributed by atoms with Gasteiger partial charge in [-0.2, -0.15) is 0 Å². The minimum Gasteiger partial charge on any atom is -0.465 e. The lowest BCUT2D eigenvalue weighted by Crippen LogP contribution is -2.35. The molecule has 2 N–H and O–H groups in total. The van der Waals surface area contributed by atoms with Gasteiger partial charge in [0.25, 0.3) is 0 Å². The maximum atomic E-state index is 11.3. The van der Waals surface area contributed by atoms with Crippen molar-refractivity contribution < 1.29 is 9.53 Å². The number of para-hydroxylation sites is 1. The number of hydrogen-bond donors (Lipinski definition) is 1. The van der Waals surface area contributed by atoms with Crippen molar-refractivity contribution in [2.75, 3.05) is 24.7 Å². The molecule has 0 unspecified atom stereocenters. The molecule has 0 spiro atoms. The van der Waals surface area contributed by atoms with E-state index in [9.17, 15) is 4.79 Å². The molecule has 0 aromatic heterocycles. The van der Waals surface area contributed by atoms with E-state index in [4.69, 9.17) is 10.5 Å². The van der Waals surface area contributed by atoms with E-state index in [0.717, 1.165) is 5.69 Å². The molecule has 1 aromatic carbocycles. The second kappa shape index (κ2) is 6.03. The van der Waals surface area contributed by atoms with E-state index in [1.165, 1.54) is 0 Å². The summed E-state index contributed by atoms with van der Waals surface area (Å²) in [5.41, 5.74) is 6.49. The minimum absolute atomic E-state index is 0.189. The quantitative estimate of drug-likeness (QED) is 0.578. The van der Waals surface area contributed by atoms with Crippen LogP contribution in [0.15, 0.2) is 30.3 Å². The van der Waals surface area contributed by atoms with Crippen LogP contribution in [0.5, 0.6) is 0 Å². The van der Waals surface area contributed by atoms with Crippen molar-refractivity contribution in [1.29, 1.82) is 0 Å². The van der Waals surface area contributed by atoms with Crippen molar-refractivity contribution in [1.82, 2.24) is 0 Å². The molecule has 0 saturated heterocycles. The van der Waals surface area contributed by atoms with E-state index in [2.05, 4.69) is 0 Å². The number of nitrogens with two attached hydrogens (primary N) is 1. The van der Waals surface area contributed by atoms with Gasteiger partial charge in [-0.25, -0.2) is 0 Å². The molecule has 0 aliphatic carbocycles. The summed E-state index contributed by atoms with van der Waals surface area (Å²) in [7, 11) is 0. The number of anilines is 1. The molecule has 0 atom stereocenters. The maximum absolute atomic E-state index is 11.3. The molecule has 0 aliphatic heterocycles. The summed E-state index contributed by atoms with van der Waals surface area (Å²) in [5, 5.41) is 0. The van der Waals surface area contributed by atoms with Gasteiger partial charge in [-0.1, -0.05) is 18.2 Å². The average Bonchev–Trinajstić information content (AvgIpc) is 2.27. The summed E-state index contributed by atoms with van der Waals surface area (Å²) in [6.07, 6.45) is 0. The van der Waals surface area contributed by atoms with Crippen LogP contribution in [-0.2, 0) is 9.53 Å². The highest BCUT2D eigenvalue weighted by Crippen LogP contribution is 2.11. The van der Waals surface area contributed by atoms with Gasteiger partial charge in [-0.15, -0.1) is 0 Å². The van der Waals surface area contributed by atoms with E-state index in [0.29, 0.717) is 13.3 Å². The first-order valence-electron chi connectivity index (χ1n) is 4.93. The summed E-state index contributed by atoms with van der Waals surface area (Å²) in [5.74, 6) is -0.258. The van der Waals surface area contributed by atoms with Gasteiger partial charge in [0.2, 0.25) is 0 Å². The van der Waals surface area contributed by atoms with Gasteiger partial charge in [0.1, 0.15) is 6.54 Å². The second-order valence-corrected chi connectivity index (χ2v) is 3.02. The van der Waals surface area contributed by atoms with Gasteiger partial charge < -0.3 is 15.4 Å². The van der Waals surface area contributed by atoms with Crippen LogP contribution in [0.1, 0.15) is 6.92 Å². The van der Waals surface area contributed by atoms with Crippen LogP contribution in [0.4, 0.5) is 5.69 Å². The number of benzene rings is 1. The Labute approximate surface area is 89.6 Å². The first kappa shape index (κ1) is 11.5. The summed E-state index contributed by atoms with van der Waals surface area (Å²) < 4.78 is 4.86. The molecule has 4 heteroatoms. The lowest BCUT2D eigenvalue weighted by molar-refractivity contribution is -0.141. The molecule has 1 aromatic rings. The van der Waals surface area contributed by atoms with Crippen molar-refractivity contribution in [2.24, 2.45) is 5.73 Å². The van der Waals surface area contributed by atoms with Gasteiger partial charge in [0, 0.05) is 5.69 Å². The van der Waals surface area contributed by atoms with Gasteiger partial charge in [-0.05, 0) is 19.1 Å². The van der Waals surface area contributed by atoms with E-state index in [1.54, 1.807) is 11.8 Å². The number of nitrogens with zero attached hydrogens (tertiary/aromatic N) is 1. The zero-order valence-corrected chi connectivity index (χ0v) is 8.85. The molecule has 0 radical (unpaired) electrons. The number of esters is 1. The van der Waals surface area contributed by atoms with Crippen LogP contribution in [0.2, 0.25) is 0 Å². The Hall–Kier alpha value is -1.55. The van der Waals surface area contributed by atoms with Crippen molar-refractivity contribution in [3.05, 3.63) is 30.3 Å². The largest absolute Gasteiger partial charge is 0.465 e. The summed E-state index contributed by atoms with van der Waals surface area (Å²) in [6.45, 7) is 2.66. The van der Waals surface area contributed by atoms with Crippen LogP contribution in [0.25, 0.3) is 0 Å². The molecule has 0 saturated carbocycles. The highest BCUT2D eigenvalue weighted by atomic mass is 16.5. The highest BCUT2D eigenvalue weighted by Gasteiger charge is 2.09. The zero-order chi connectivity index (χ0) is 11.1. The van der Waals surface area contributed by atoms with E-state index in [1.807, 2.05) is 30.3 Å². The summed E-state index contributed by atoms with van der Waals surface area (Å²) >= 11 is 0. The molecule has 4 nitrogen and oxygen atoms in total. The Morgan fingerprint density at radius 2 is 2.07 bits per heavy atom. The molecule has 1 rings (SSSR count). The number of carbonyl (C=O) groups excluding carboxylic acids is 1. The van der Waals surface area contributed by atoms with Crippen molar-refractivity contribution in [3.8, 4) is 0 Å². The van der Waals surface area contributed by atoms with Crippen molar-refractivity contribution in [2.45, 2.75) is 6.92 Å². The molecule has 15 heavy (non-hydrogen) atoms. The van der Waals surface area contributed by atoms with Crippen LogP contribution in [0, 0.1) is 0 Å². The van der Waals surface area contributed by atoms with Crippen molar-refractivity contribution in [3.63, 3.8) is 0 Å². The van der Waals surface area contributed by atoms with Gasteiger partial charge >= 0.3 is 5.97 Å². The standard InChI is InChI=1S/C11H16N2O2/c1-2-15-11(14)8-13(9-12)10-6-4-3-5-7-10/h3-7H,2,8-9,12H2,1H3. The monoisotopic (exact) mass is 208 g/mol. The third-order valence-electron chi connectivity index (χ3n) is 1.97. The molecule has 0 aliphatic rings. The average molecular weight is 208 g/mol.